The summed E-state index contributed by atoms with van der Waals surface area (Å²) in [5.74, 6) is 0.739. The maximum atomic E-state index is 12.3. The van der Waals surface area contributed by atoms with E-state index < -0.39 is 0 Å². The highest BCUT2D eigenvalue weighted by atomic mass is 16.1. The second kappa shape index (κ2) is 7.59. The van der Waals surface area contributed by atoms with Gasteiger partial charge in [0.25, 0.3) is 5.56 Å². The number of H-pyrrole nitrogens is 1. The molecule has 0 aliphatic carbocycles. The van der Waals surface area contributed by atoms with Gasteiger partial charge in [0.1, 0.15) is 0 Å². The molecule has 1 fully saturated rings. The van der Waals surface area contributed by atoms with Crippen molar-refractivity contribution < 1.29 is 0 Å². The van der Waals surface area contributed by atoms with Crippen LogP contribution in [0.15, 0.2) is 4.79 Å². The molecular weight excluding hydrogens is 264 g/mol. The van der Waals surface area contributed by atoms with Gasteiger partial charge >= 0.3 is 0 Å². The van der Waals surface area contributed by atoms with E-state index in [0.29, 0.717) is 0 Å². The number of likely N-dealkylation sites (N-methyl/N-ethyl adjacent to an activating group) is 1. The number of nitrogens with one attached hydrogen (secondary N) is 1. The average molecular weight is 292 g/mol. The summed E-state index contributed by atoms with van der Waals surface area (Å²) < 4.78 is 0. The second-order valence-electron chi connectivity index (χ2n) is 6.05. The lowest BCUT2D eigenvalue weighted by molar-refractivity contribution is 0.311. The maximum Gasteiger partial charge on any atom is 0.255 e. The minimum absolute atomic E-state index is 0.0490. The number of aromatic nitrogens is 2. The van der Waals surface area contributed by atoms with Crippen LogP contribution in [0, 0.1) is 6.92 Å². The van der Waals surface area contributed by atoms with E-state index in [9.17, 15) is 4.79 Å². The van der Waals surface area contributed by atoms with Crippen molar-refractivity contribution in [1.82, 2.24) is 14.9 Å². The predicted octanol–water partition coefficient (Wildman–Crippen LogP) is 1.95. The molecule has 0 saturated carbocycles. The van der Waals surface area contributed by atoms with Crippen molar-refractivity contribution in [2.24, 2.45) is 0 Å². The fourth-order valence-electron chi connectivity index (χ4n) is 2.79. The number of aromatic amines is 1. The van der Waals surface area contributed by atoms with Crippen LogP contribution in [0.3, 0.4) is 0 Å². The first-order valence-electron chi connectivity index (χ1n) is 8.15. The summed E-state index contributed by atoms with van der Waals surface area (Å²) in [4.78, 5) is 24.4. The van der Waals surface area contributed by atoms with Crippen LogP contribution >= 0.6 is 0 Å². The van der Waals surface area contributed by atoms with E-state index >= 15 is 0 Å². The Morgan fingerprint density at radius 2 is 1.86 bits per heavy atom. The van der Waals surface area contributed by atoms with E-state index in [4.69, 9.17) is 0 Å². The number of rotatable bonds is 6. The molecule has 1 aromatic rings. The average Bonchev–Trinajstić information content (AvgIpc) is 2.46. The van der Waals surface area contributed by atoms with Crippen LogP contribution in [0.5, 0.6) is 0 Å². The predicted molar refractivity (Wildman–Crippen MR) is 87.2 cm³/mol. The third kappa shape index (κ3) is 4.30. The van der Waals surface area contributed by atoms with Crippen molar-refractivity contribution in [3.05, 3.63) is 21.6 Å². The summed E-state index contributed by atoms with van der Waals surface area (Å²) in [6, 6.07) is 0. The summed E-state index contributed by atoms with van der Waals surface area (Å²) in [6.07, 6.45) is 5.57. The molecule has 0 radical (unpaired) electrons. The number of anilines is 1. The van der Waals surface area contributed by atoms with Crippen molar-refractivity contribution >= 4 is 5.95 Å². The SMILES string of the molecule is CCCCCCc1c(C)nc(N2CCN(C)CC2)[nH]c1=O. The summed E-state index contributed by atoms with van der Waals surface area (Å²) in [5.41, 5.74) is 1.81. The largest absolute Gasteiger partial charge is 0.340 e. The zero-order valence-corrected chi connectivity index (χ0v) is 13.6. The molecule has 21 heavy (non-hydrogen) atoms. The number of unbranched alkanes of at least 4 members (excludes halogenated alkanes) is 3. The van der Waals surface area contributed by atoms with E-state index in [1.54, 1.807) is 0 Å². The van der Waals surface area contributed by atoms with Crippen LogP contribution < -0.4 is 10.5 Å². The van der Waals surface area contributed by atoms with E-state index in [0.717, 1.165) is 56.2 Å². The third-order valence-corrected chi connectivity index (χ3v) is 4.29. The molecule has 0 spiro atoms. The molecule has 1 aliphatic heterocycles. The van der Waals surface area contributed by atoms with Crippen molar-refractivity contribution in [2.75, 3.05) is 38.1 Å². The molecule has 1 aromatic heterocycles. The number of piperazine rings is 1. The van der Waals surface area contributed by atoms with Crippen LogP contribution in [0.4, 0.5) is 5.95 Å². The highest BCUT2D eigenvalue weighted by Crippen LogP contribution is 2.12. The first kappa shape index (κ1) is 16.0. The fraction of sp³-hybridized carbons (Fsp3) is 0.750. The zero-order valence-electron chi connectivity index (χ0n) is 13.6. The van der Waals surface area contributed by atoms with Crippen LogP contribution in [-0.2, 0) is 6.42 Å². The Kier molecular flexibility index (Phi) is 5.79. The molecule has 118 valence electrons. The number of aryl methyl sites for hydroxylation is 1. The fourth-order valence-corrected chi connectivity index (χ4v) is 2.79. The van der Waals surface area contributed by atoms with Crippen molar-refractivity contribution in [1.29, 1.82) is 0 Å². The van der Waals surface area contributed by atoms with E-state index in [1.807, 2.05) is 6.92 Å². The van der Waals surface area contributed by atoms with E-state index in [-0.39, 0.29) is 5.56 Å². The Morgan fingerprint density at radius 1 is 1.14 bits per heavy atom. The Bertz CT molecular complexity index is 503. The Hall–Kier alpha value is -1.36. The molecule has 2 rings (SSSR count). The number of hydrogen-bond acceptors (Lipinski definition) is 4. The van der Waals surface area contributed by atoms with Gasteiger partial charge in [-0.25, -0.2) is 4.98 Å². The Labute approximate surface area is 127 Å². The summed E-state index contributed by atoms with van der Waals surface area (Å²) in [7, 11) is 2.12. The van der Waals surface area contributed by atoms with Gasteiger partial charge in [0.2, 0.25) is 5.95 Å². The van der Waals surface area contributed by atoms with Crippen molar-refractivity contribution in [2.45, 2.75) is 46.0 Å². The molecule has 1 aliphatic rings. The van der Waals surface area contributed by atoms with E-state index in [1.165, 1.54) is 19.3 Å². The first-order chi connectivity index (χ1) is 10.1. The molecule has 5 heteroatoms. The number of hydrogen-bond donors (Lipinski definition) is 1. The Balaban J connectivity index is 2.04. The topological polar surface area (TPSA) is 52.2 Å². The van der Waals surface area contributed by atoms with Gasteiger partial charge in [0.05, 0.1) is 0 Å². The standard InChI is InChI=1S/C16H28N4O/c1-4-5-6-7-8-14-13(2)17-16(18-15(14)21)20-11-9-19(3)10-12-20/h4-12H2,1-3H3,(H,17,18,21). The van der Waals surface area contributed by atoms with Gasteiger partial charge in [-0.3, -0.25) is 9.78 Å². The monoisotopic (exact) mass is 292 g/mol. The van der Waals surface area contributed by atoms with Gasteiger partial charge in [-0.05, 0) is 26.8 Å². The lowest BCUT2D eigenvalue weighted by Gasteiger charge is -2.32. The van der Waals surface area contributed by atoms with Gasteiger partial charge in [-0.15, -0.1) is 0 Å². The molecule has 1 N–H and O–H groups in total. The molecule has 1 saturated heterocycles. The van der Waals surface area contributed by atoms with Crippen LogP contribution in [0.25, 0.3) is 0 Å². The lowest BCUT2D eigenvalue weighted by atomic mass is 10.1. The molecule has 0 aromatic carbocycles. The summed E-state index contributed by atoms with van der Waals surface area (Å²) in [6.45, 7) is 8.04. The van der Waals surface area contributed by atoms with Crippen LogP contribution in [0.1, 0.15) is 43.9 Å². The van der Waals surface area contributed by atoms with Gasteiger partial charge < -0.3 is 9.80 Å². The zero-order chi connectivity index (χ0) is 15.2. The molecule has 2 heterocycles. The highest BCUT2D eigenvalue weighted by molar-refractivity contribution is 5.33. The Morgan fingerprint density at radius 3 is 2.48 bits per heavy atom. The maximum absolute atomic E-state index is 12.3. The van der Waals surface area contributed by atoms with E-state index in [2.05, 4.69) is 33.7 Å². The van der Waals surface area contributed by atoms with Gasteiger partial charge in [-0.2, -0.15) is 0 Å². The summed E-state index contributed by atoms with van der Waals surface area (Å²) in [5, 5.41) is 0. The minimum Gasteiger partial charge on any atom is -0.340 e. The third-order valence-electron chi connectivity index (χ3n) is 4.29. The van der Waals surface area contributed by atoms with Gasteiger partial charge in [0, 0.05) is 37.4 Å². The van der Waals surface area contributed by atoms with Crippen LogP contribution in [0.2, 0.25) is 0 Å². The van der Waals surface area contributed by atoms with Crippen molar-refractivity contribution in [3.8, 4) is 0 Å². The van der Waals surface area contributed by atoms with Crippen molar-refractivity contribution in [3.63, 3.8) is 0 Å². The molecule has 0 bridgehead atoms. The second-order valence-corrected chi connectivity index (χ2v) is 6.05. The molecule has 0 unspecified atom stereocenters. The molecule has 0 amide bonds. The van der Waals surface area contributed by atoms with Gasteiger partial charge in [-0.1, -0.05) is 26.2 Å². The molecule has 0 atom stereocenters. The normalized spacial score (nSPS) is 16.4. The van der Waals surface area contributed by atoms with Crippen LogP contribution in [-0.4, -0.2) is 48.1 Å². The molecular formula is C16H28N4O. The smallest absolute Gasteiger partial charge is 0.255 e. The number of nitrogens with zero attached hydrogens (tertiary/aromatic N) is 3. The van der Waals surface area contributed by atoms with Gasteiger partial charge in [0.15, 0.2) is 0 Å². The highest BCUT2D eigenvalue weighted by Gasteiger charge is 2.17. The quantitative estimate of drug-likeness (QED) is 0.814. The first-order valence-corrected chi connectivity index (χ1v) is 8.15. The summed E-state index contributed by atoms with van der Waals surface area (Å²) >= 11 is 0. The lowest BCUT2D eigenvalue weighted by Crippen LogP contribution is -2.45. The molecule has 5 nitrogen and oxygen atoms in total. The minimum atomic E-state index is 0.0490.